The van der Waals surface area contributed by atoms with Gasteiger partial charge in [0.25, 0.3) is 5.89 Å². The molecule has 0 atom stereocenters. The van der Waals surface area contributed by atoms with Crippen molar-refractivity contribution in [3.63, 3.8) is 0 Å². The number of rotatable bonds is 5. The van der Waals surface area contributed by atoms with Gasteiger partial charge >= 0.3 is 0 Å². The number of aromatic nitrogens is 4. The molecule has 0 saturated heterocycles. The van der Waals surface area contributed by atoms with Crippen LogP contribution in [-0.2, 0) is 0 Å². The summed E-state index contributed by atoms with van der Waals surface area (Å²) in [4.78, 5) is 10.1. The normalized spacial score (nSPS) is 10.9. The molecule has 6 nitrogen and oxygen atoms in total. The quantitative estimate of drug-likeness (QED) is 0.511. The number of benzene rings is 2. The minimum Gasteiger partial charge on any atom is -0.414 e. The van der Waals surface area contributed by atoms with Crippen LogP contribution in [0.15, 0.2) is 70.1 Å². The lowest BCUT2D eigenvalue weighted by Crippen LogP contribution is -1.99. The lowest BCUT2D eigenvalue weighted by Gasteiger charge is -2.09. The molecule has 0 bridgehead atoms. The van der Waals surface area contributed by atoms with E-state index >= 15 is 0 Å². The standard InChI is InChI=1S/C20H17N5OS/c1-2-27-16-11-7-6-10-14(16)15-12-22-18(21)17(23-15)20-25-24-19(26-20)13-8-4-3-5-9-13/h3-12H,2H2,1H3,(H2,21,22). The van der Waals surface area contributed by atoms with E-state index in [9.17, 15) is 0 Å². The van der Waals surface area contributed by atoms with Crippen LogP contribution in [0.1, 0.15) is 6.92 Å². The summed E-state index contributed by atoms with van der Waals surface area (Å²) in [5.74, 6) is 1.89. The largest absolute Gasteiger partial charge is 0.414 e. The summed E-state index contributed by atoms with van der Waals surface area (Å²) in [6.45, 7) is 2.12. The van der Waals surface area contributed by atoms with Crippen molar-refractivity contribution in [2.75, 3.05) is 11.5 Å². The molecule has 0 aliphatic rings. The van der Waals surface area contributed by atoms with Crippen molar-refractivity contribution in [1.29, 1.82) is 0 Å². The summed E-state index contributed by atoms with van der Waals surface area (Å²) in [7, 11) is 0. The van der Waals surface area contributed by atoms with E-state index in [2.05, 4.69) is 33.2 Å². The predicted octanol–water partition coefficient (Wildman–Crippen LogP) is 4.55. The topological polar surface area (TPSA) is 90.7 Å². The van der Waals surface area contributed by atoms with Crippen molar-refractivity contribution in [2.24, 2.45) is 0 Å². The fourth-order valence-corrected chi connectivity index (χ4v) is 3.48. The Kier molecular flexibility index (Phi) is 4.84. The lowest BCUT2D eigenvalue weighted by molar-refractivity contribution is 0.582. The Morgan fingerprint density at radius 2 is 1.70 bits per heavy atom. The van der Waals surface area contributed by atoms with Crippen LogP contribution >= 0.6 is 11.8 Å². The number of nitrogens with two attached hydrogens (primary N) is 1. The van der Waals surface area contributed by atoms with Crippen molar-refractivity contribution < 1.29 is 4.42 Å². The molecule has 2 N–H and O–H groups in total. The van der Waals surface area contributed by atoms with Crippen LogP contribution in [0.3, 0.4) is 0 Å². The van der Waals surface area contributed by atoms with Crippen LogP contribution < -0.4 is 5.73 Å². The van der Waals surface area contributed by atoms with E-state index in [1.807, 2.05) is 48.5 Å². The van der Waals surface area contributed by atoms with E-state index in [0.717, 1.165) is 27.5 Å². The Morgan fingerprint density at radius 1 is 0.963 bits per heavy atom. The first-order valence-electron chi connectivity index (χ1n) is 8.50. The average Bonchev–Trinajstić information content (AvgIpc) is 3.20. The minimum absolute atomic E-state index is 0.251. The van der Waals surface area contributed by atoms with Gasteiger partial charge in [-0.1, -0.05) is 43.3 Å². The third-order valence-electron chi connectivity index (χ3n) is 3.91. The summed E-state index contributed by atoms with van der Waals surface area (Å²) in [6, 6.07) is 17.6. The van der Waals surface area contributed by atoms with E-state index in [-0.39, 0.29) is 11.7 Å². The van der Waals surface area contributed by atoms with Gasteiger partial charge in [-0.25, -0.2) is 9.97 Å². The molecule has 0 fully saturated rings. The Hall–Kier alpha value is -3.19. The van der Waals surface area contributed by atoms with Gasteiger partial charge in [0.15, 0.2) is 11.5 Å². The number of hydrogen-bond acceptors (Lipinski definition) is 7. The van der Waals surface area contributed by atoms with Gasteiger partial charge in [-0.2, -0.15) is 0 Å². The van der Waals surface area contributed by atoms with E-state index in [4.69, 9.17) is 10.2 Å². The highest BCUT2D eigenvalue weighted by Gasteiger charge is 2.17. The van der Waals surface area contributed by atoms with Crippen LogP contribution in [0.2, 0.25) is 0 Å². The highest BCUT2D eigenvalue weighted by Crippen LogP contribution is 2.32. The molecule has 2 heterocycles. The van der Waals surface area contributed by atoms with Gasteiger partial charge in [-0.3, -0.25) is 0 Å². The zero-order valence-electron chi connectivity index (χ0n) is 14.7. The van der Waals surface area contributed by atoms with Crippen molar-refractivity contribution in [1.82, 2.24) is 20.2 Å². The first-order valence-corrected chi connectivity index (χ1v) is 9.49. The molecule has 4 aromatic rings. The maximum Gasteiger partial charge on any atom is 0.270 e. The number of nitrogen functional groups attached to an aromatic ring is 1. The number of anilines is 1. The van der Waals surface area contributed by atoms with E-state index in [1.165, 1.54) is 0 Å². The predicted molar refractivity (Wildman–Crippen MR) is 107 cm³/mol. The average molecular weight is 375 g/mol. The SMILES string of the molecule is CCSc1ccccc1-c1cnc(N)c(-c2nnc(-c3ccccc3)o2)n1. The van der Waals surface area contributed by atoms with E-state index in [0.29, 0.717) is 11.6 Å². The van der Waals surface area contributed by atoms with Gasteiger partial charge in [0.1, 0.15) is 0 Å². The van der Waals surface area contributed by atoms with Gasteiger partial charge < -0.3 is 10.2 Å². The highest BCUT2D eigenvalue weighted by molar-refractivity contribution is 7.99. The number of hydrogen-bond donors (Lipinski definition) is 1. The molecule has 0 aliphatic heterocycles. The summed E-state index contributed by atoms with van der Waals surface area (Å²) in [6.07, 6.45) is 1.67. The summed E-state index contributed by atoms with van der Waals surface area (Å²) in [5.41, 5.74) is 8.98. The molecular weight excluding hydrogens is 358 g/mol. The first kappa shape index (κ1) is 17.2. The van der Waals surface area contributed by atoms with Crippen molar-refractivity contribution in [3.8, 4) is 34.3 Å². The van der Waals surface area contributed by atoms with Crippen molar-refractivity contribution in [3.05, 3.63) is 60.8 Å². The van der Waals surface area contributed by atoms with E-state index in [1.54, 1.807) is 18.0 Å². The molecule has 0 unspecified atom stereocenters. The smallest absolute Gasteiger partial charge is 0.270 e. The third kappa shape index (κ3) is 3.54. The van der Waals surface area contributed by atoms with Crippen molar-refractivity contribution in [2.45, 2.75) is 11.8 Å². The Morgan fingerprint density at radius 3 is 2.52 bits per heavy atom. The molecule has 0 aliphatic carbocycles. The zero-order chi connectivity index (χ0) is 18.6. The zero-order valence-corrected chi connectivity index (χ0v) is 15.5. The van der Waals surface area contributed by atoms with Crippen LogP contribution in [0.25, 0.3) is 34.3 Å². The summed E-state index contributed by atoms with van der Waals surface area (Å²) < 4.78 is 5.80. The molecule has 27 heavy (non-hydrogen) atoms. The second-order valence-electron chi connectivity index (χ2n) is 5.70. The second-order valence-corrected chi connectivity index (χ2v) is 7.00. The van der Waals surface area contributed by atoms with Gasteiger partial charge in [0.05, 0.1) is 11.9 Å². The van der Waals surface area contributed by atoms with Crippen LogP contribution in [0, 0.1) is 0 Å². The second kappa shape index (κ2) is 7.59. The molecule has 0 saturated carbocycles. The molecule has 2 aromatic heterocycles. The van der Waals surface area contributed by atoms with Gasteiger partial charge in [-0.15, -0.1) is 22.0 Å². The fraction of sp³-hybridized carbons (Fsp3) is 0.100. The van der Waals surface area contributed by atoms with Crippen LogP contribution in [0.5, 0.6) is 0 Å². The molecule has 2 aromatic carbocycles. The molecular formula is C20H17N5OS. The molecule has 0 amide bonds. The third-order valence-corrected chi connectivity index (χ3v) is 4.87. The maximum atomic E-state index is 6.04. The molecule has 4 rings (SSSR count). The molecule has 0 spiro atoms. The summed E-state index contributed by atoms with van der Waals surface area (Å²) in [5, 5.41) is 8.22. The van der Waals surface area contributed by atoms with Gasteiger partial charge in [0, 0.05) is 16.0 Å². The highest BCUT2D eigenvalue weighted by atomic mass is 32.2. The maximum absolute atomic E-state index is 6.04. The lowest BCUT2D eigenvalue weighted by atomic mass is 10.1. The molecule has 7 heteroatoms. The minimum atomic E-state index is 0.251. The van der Waals surface area contributed by atoms with Crippen LogP contribution in [-0.4, -0.2) is 25.9 Å². The van der Waals surface area contributed by atoms with Crippen LogP contribution in [0.4, 0.5) is 5.82 Å². The summed E-state index contributed by atoms with van der Waals surface area (Å²) >= 11 is 1.75. The molecule has 134 valence electrons. The van der Waals surface area contributed by atoms with E-state index < -0.39 is 0 Å². The fourth-order valence-electron chi connectivity index (χ4n) is 2.66. The van der Waals surface area contributed by atoms with Gasteiger partial charge in [-0.05, 0) is 24.0 Å². The number of nitrogens with zero attached hydrogens (tertiary/aromatic N) is 4. The van der Waals surface area contributed by atoms with Crippen molar-refractivity contribution >= 4 is 17.6 Å². The van der Waals surface area contributed by atoms with Gasteiger partial charge in [0.2, 0.25) is 5.89 Å². The Bertz CT molecular complexity index is 1060. The monoisotopic (exact) mass is 375 g/mol. The molecule has 0 radical (unpaired) electrons. The Balaban J connectivity index is 1.75. The first-order chi connectivity index (χ1) is 13.3. The number of thioether (sulfide) groups is 1. The Labute approximate surface area is 160 Å².